The highest BCUT2D eigenvalue weighted by molar-refractivity contribution is 5.61. The number of aromatic nitrogens is 2. The Morgan fingerprint density at radius 3 is 2.95 bits per heavy atom. The van der Waals surface area contributed by atoms with Gasteiger partial charge >= 0.3 is 0 Å². The van der Waals surface area contributed by atoms with E-state index in [2.05, 4.69) is 22.2 Å². The van der Waals surface area contributed by atoms with Crippen LogP contribution >= 0.6 is 0 Å². The highest BCUT2D eigenvalue weighted by atomic mass is 16.5. The lowest BCUT2D eigenvalue weighted by atomic mass is 10.3. The summed E-state index contributed by atoms with van der Waals surface area (Å²) in [5, 5.41) is 12.1. The van der Waals surface area contributed by atoms with Crippen LogP contribution in [0.5, 0.6) is 5.75 Å². The third-order valence-corrected chi connectivity index (χ3v) is 2.67. The summed E-state index contributed by atoms with van der Waals surface area (Å²) in [6.45, 7) is 2.83. The van der Waals surface area contributed by atoms with Crippen molar-refractivity contribution in [1.82, 2.24) is 9.97 Å². The summed E-state index contributed by atoms with van der Waals surface area (Å²) in [6.07, 6.45) is 5.17. The summed E-state index contributed by atoms with van der Waals surface area (Å²) >= 11 is 0. The van der Waals surface area contributed by atoms with Crippen LogP contribution < -0.4 is 10.1 Å². The molecular weight excluding hydrogens is 252 g/mol. The fraction of sp³-hybridized carbons (Fsp3) is 0.267. The molecule has 0 fully saturated rings. The van der Waals surface area contributed by atoms with Gasteiger partial charge in [0, 0.05) is 24.1 Å². The molecule has 0 saturated heterocycles. The van der Waals surface area contributed by atoms with Crippen LogP contribution in [0.2, 0.25) is 0 Å². The lowest BCUT2D eigenvalue weighted by Crippen LogP contribution is -2.00. The first kappa shape index (κ1) is 13.8. The van der Waals surface area contributed by atoms with Crippen molar-refractivity contribution < 1.29 is 4.74 Å². The van der Waals surface area contributed by atoms with Gasteiger partial charge in [0.25, 0.3) is 0 Å². The normalized spacial score (nSPS) is 9.80. The lowest BCUT2D eigenvalue weighted by Gasteiger charge is -2.09. The monoisotopic (exact) mass is 268 g/mol. The highest BCUT2D eigenvalue weighted by Gasteiger charge is 2.05. The van der Waals surface area contributed by atoms with E-state index in [0.29, 0.717) is 12.4 Å². The van der Waals surface area contributed by atoms with E-state index in [4.69, 9.17) is 10.00 Å². The second-order valence-corrected chi connectivity index (χ2v) is 4.22. The maximum absolute atomic E-state index is 8.98. The molecule has 0 aliphatic carbocycles. The van der Waals surface area contributed by atoms with Gasteiger partial charge in [-0.2, -0.15) is 5.26 Å². The van der Waals surface area contributed by atoms with E-state index in [1.165, 1.54) is 6.20 Å². The topological polar surface area (TPSA) is 70.8 Å². The van der Waals surface area contributed by atoms with Crippen LogP contribution in [0.3, 0.4) is 0 Å². The number of hydrogen-bond acceptors (Lipinski definition) is 5. The van der Waals surface area contributed by atoms with Crippen molar-refractivity contribution in [2.24, 2.45) is 0 Å². The van der Waals surface area contributed by atoms with Gasteiger partial charge in [0.15, 0.2) is 11.5 Å². The van der Waals surface area contributed by atoms with Crippen LogP contribution in [0, 0.1) is 11.3 Å². The predicted molar refractivity (Wildman–Crippen MR) is 76.9 cm³/mol. The molecule has 1 aromatic heterocycles. The molecule has 0 aliphatic rings. The second-order valence-electron chi connectivity index (χ2n) is 4.22. The molecule has 0 unspecified atom stereocenters. The largest absolute Gasteiger partial charge is 0.494 e. The van der Waals surface area contributed by atoms with E-state index in [1.807, 2.05) is 30.3 Å². The molecule has 1 N–H and O–H groups in total. The average molecular weight is 268 g/mol. The molecule has 2 rings (SSSR count). The van der Waals surface area contributed by atoms with Crippen LogP contribution in [0.25, 0.3) is 0 Å². The fourth-order valence-electron chi connectivity index (χ4n) is 1.65. The van der Waals surface area contributed by atoms with E-state index >= 15 is 0 Å². The smallest absolute Gasteiger partial charge is 0.183 e. The first-order valence-electron chi connectivity index (χ1n) is 6.54. The molecule has 102 valence electrons. The van der Waals surface area contributed by atoms with E-state index < -0.39 is 0 Å². The summed E-state index contributed by atoms with van der Waals surface area (Å²) in [6, 6.07) is 9.58. The molecule has 0 atom stereocenters. The zero-order chi connectivity index (χ0) is 14.2. The van der Waals surface area contributed by atoms with Crippen molar-refractivity contribution in [3.05, 3.63) is 42.4 Å². The maximum atomic E-state index is 8.98. The molecule has 2 aromatic rings. The number of hydrogen-bond donors (Lipinski definition) is 1. The molecule has 0 bridgehead atoms. The first-order chi connectivity index (χ1) is 9.83. The molecule has 5 nitrogen and oxygen atoms in total. The molecule has 20 heavy (non-hydrogen) atoms. The minimum Gasteiger partial charge on any atom is -0.494 e. The van der Waals surface area contributed by atoms with Gasteiger partial charge in [-0.15, -0.1) is 0 Å². The Kier molecular flexibility index (Phi) is 4.90. The lowest BCUT2D eigenvalue weighted by molar-refractivity contribution is 0.309. The molecule has 0 radical (unpaired) electrons. The van der Waals surface area contributed by atoms with E-state index in [1.54, 1.807) is 6.20 Å². The summed E-state index contributed by atoms with van der Waals surface area (Å²) in [5.41, 5.74) is 1.08. The van der Waals surface area contributed by atoms with E-state index in [-0.39, 0.29) is 5.69 Å². The first-order valence-corrected chi connectivity index (χ1v) is 6.54. The minimum atomic E-state index is 0.268. The summed E-state index contributed by atoms with van der Waals surface area (Å²) in [5.74, 6) is 1.24. The van der Waals surface area contributed by atoms with Crippen LogP contribution in [-0.2, 0) is 0 Å². The van der Waals surface area contributed by atoms with Crippen molar-refractivity contribution in [3.8, 4) is 11.8 Å². The van der Waals surface area contributed by atoms with Crippen molar-refractivity contribution in [2.45, 2.75) is 19.8 Å². The Labute approximate surface area is 118 Å². The molecule has 1 aromatic carbocycles. The Balaban J connectivity index is 2.10. The van der Waals surface area contributed by atoms with E-state index in [0.717, 1.165) is 24.3 Å². The second kappa shape index (κ2) is 7.10. The summed E-state index contributed by atoms with van der Waals surface area (Å²) in [4.78, 5) is 8.07. The Bertz CT molecular complexity index is 607. The number of nitriles is 1. The van der Waals surface area contributed by atoms with Crippen molar-refractivity contribution >= 4 is 11.5 Å². The molecular formula is C15H16N4O. The van der Waals surface area contributed by atoms with Gasteiger partial charge in [-0.1, -0.05) is 19.4 Å². The summed E-state index contributed by atoms with van der Waals surface area (Å²) in [7, 11) is 0. The number of nitrogens with one attached hydrogen (secondary N) is 1. The van der Waals surface area contributed by atoms with Gasteiger partial charge < -0.3 is 10.1 Å². The third kappa shape index (κ3) is 3.69. The molecule has 0 amide bonds. The number of unbranched alkanes of at least 4 members (excludes halogenated alkanes) is 1. The van der Waals surface area contributed by atoms with Crippen molar-refractivity contribution in [2.75, 3.05) is 11.9 Å². The number of rotatable bonds is 6. The van der Waals surface area contributed by atoms with Crippen LogP contribution in [0.1, 0.15) is 25.5 Å². The van der Waals surface area contributed by atoms with Crippen molar-refractivity contribution in [3.63, 3.8) is 0 Å². The van der Waals surface area contributed by atoms with Gasteiger partial charge in [-0.05, 0) is 18.6 Å². The standard InChI is InChI=1S/C15H16N4O/c1-2-3-9-20-13-6-4-5-12(10-13)19-15-14(11-16)17-7-8-18-15/h4-8,10H,2-3,9H2,1H3,(H,18,19). The number of benzene rings is 1. The van der Waals surface area contributed by atoms with Gasteiger partial charge in [0.05, 0.1) is 6.61 Å². The van der Waals surface area contributed by atoms with Crippen LogP contribution in [0.4, 0.5) is 11.5 Å². The number of nitrogens with zero attached hydrogens (tertiary/aromatic N) is 3. The predicted octanol–water partition coefficient (Wildman–Crippen LogP) is 3.27. The molecule has 0 saturated carbocycles. The maximum Gasteiger partial charge on any atom is 0.183 e. The van der Waals surface area contributed by atoms with Gasteiger partial charge in [0.1, 0.15) is 11.8 Å². The fourth-order valence-corrected chi connectivity index (χ4v) is 1.65. The molecule has 5 heteroatoms. The Hall–Kier alpha value is -2.61. The third-order valence-electron chi connectivity index (χ3n) is 2.67. The average Bonchev–Trinajstić information content (AvgIpc) is 2.48. The Morgan fingerprint density at radius 1 is 1.30 bits per heavy atom. The molecule has 0 aliphatic heterocycles. The SMILES string of the molecule is CCCCOc1cccc(Nc2nccnc2C#N)c1. The molecule has 0 spiro atoms. The van der Waals surface area contributed by atoms with E-state index in [9.17, 15) is 0 Å². The van der Waals surface area contributed by atoms with Gasteiger partial charge in [0.2, 0.25) is 0 Å². The Morgan fingerprint density at radius 2 is 2.15 bits per heavy atom. The zero-order valence-corrected chi connectivity index (χ0v) is 11.3. The minimum absolute atomic E-state index is 0.268. The van der Waals surface area contributed by atoms with Crippen LogP contribution in [0.15, 0.2) is 36.7 Å². The van der Waals surface area contributed by atoms with Crippen molar-refractivity contribution in [1.29, 1.82) is 5.26 Å². The number of ether oxygens (including phenoxy) is 1. The van der Waals surface area contributed by atoms with Gasteiger partial charge in [-0.3, -0.25) is 0 Å². The van der Waals surface area contributed by atoms with Gasteiger partial charge in [-0.25, -0.2) is 9.97 Å². The molecule has 1 heterocycles. The highest BCUT2D eigenvalue weighted by Crippen LogP contribution is 2.21. The quantitative estimate of drug-likeness (QED) is 0.814. The van der Waals surface area contributed by atoms with Crippen LogP contribution in [-0.4, -0.2) is 16.6 Å². The summed E-state index contributed by atoms with van der Waals surface area (Å²) < 4.78 is 5.64. The number of anilines is 2. The zero-order valence-electron chi connectivity index (χ0n) is 11.3.